The molecule has 1 aromatic heterocycles. The van der Waals surface area contributed by atoms with Gasteiger partial charge in [0.05, 0.1) is 12.1 Å². The molecule has 0 aromatic carbocycles. The van der Waals surface area contributed by atoms with Crippen LogP contribution in [-0.4, -0.2) is 15.6 Å². The summed E-state index contributed by atoms with van der Waals surface area (Å²) in [4.78, 5) is 12.4. The van der Waals surface area contributed by atoms with E-state index in [9.17, 15) is 4.79 Å². The zero-order chi connectivity index (χ0) is 14.4. The summed E-state index contributed by atoms with van der Waals surface area (Å²) < 4.78 is 1.99. The van der Waals surface area contributed by atoms with Crippen molar-refractivity contribution in [1.29, 1.82) is 0 Å². The van der Waals surface area contributed by atoms with Crippen LogP contribution in [0.15, 0.2) is 12.3 Å². The molecule has 0 spiro atoms. The summed E-state index contributed by atoms with van der Waals surface area (Å²) in [7, 11) is 0. The molecule has 1 atom stereocenters. The minimum atomic E-state index is 0.282. The molecule has 1 fully saturated rings. The van der Waals surface area contributed by atoms with Gasteiger partial charge in [-0.15, -0.1) is 0 Å². The van der Waals surface area contributed by atoms with Crippen molar-refractivity contribution in [3.63, 3.8) is 0 Å². The average molecular weight is 276 g/mol. The van der Waals surface area contributed by atoms with Gasteiger partial charge in [0.1, 0.15) is 5.78 Å². The monoisotopic (exact) mass is 276 g/mol. The first-order valence-electron chi connectivity index (χ1n) is 8.27. The van der Waals surface area contributed by atoms with E-state index in [2.05, 4.69) is 18.9 Å². The maximum absolute atomic E-state index is 12.4. The smallest absolute Gasteiger partial charge is 0.141 e. The molecular weight excluding hydrogens is 248 g/mol. The fourth-order valence-electron chi connectivity index (χ4n) is 3.01. The molecular formula is C17H28N2O. The summed E-state index contributed by atoms with van der Waals surface area (Å²) >= 11 is 0. The molecule has 0 saturated heterocycles. The number of aromatic nitrogens is 2. The van der Waals surface area contributed by atoms with E-state index < -0.39 is 0 Å². The number of Topliss-reactive ketones (excluding diaryl/α,β-unsaturated/α-hetero) is 1. The van der Waals surface area contributed by atoms with Crippen molar-refractivity contribution in [3.8, 4) is 0 Å². The molecule has 112 valence electrons. The van der Waals surface area contributed by atoms with Gasteiger partial charge in [0, 0.05) is 18.2 Å². The van der Waals surface area contributed by atoms with Crippen LogP contribution in [0.4, 0.5) is 0 Å². The molecule has 1 aliphatic carbocycles. The van der Waals surface area contributed by atoms with E-state index in [0.717, 1.165) is 25.0 Å². The third kappa shape index (κ3) is 4.19. The summed E-state index contributed by atoms with van der Waals surface area (Å²) in [6, 6.07) is 2.42. The van der Waals surface area contributed by atoms with Crippen molar-refractivity contribution in [3.05, 3.63) is 18.0 Å². The summed E-state index contributed by atoms with van der Waals surface area (Å²) in [6.07, 6.45) is 12.2. The lowest BCUT2D eigenvalue weighted by molar-refractivity contribution is -0.122. The molecule has 0 aliphatic heterocycles. The Morgan fingerprint density at radius 3 is 2.60 bits per heavy atom. The Balaban J connectivity index is 1.91. The lowest BCUT2D eigenvalue weighted by Gasteiger charge is -2.18. The van der Waals surface area contributed by atoms with Crippen molar-refractivity contribution >= 4 is 5.78 Å². The fraction of sp³-hybridized carbons (Fsp3) is 0.765. The predicted molar refractivity (Wildman–Crippen MR) is 81.7 cm³/mol. The standard InChI is InChI=1S/C17H28N2O/c1-3-14(2)19-12-11-16(18-19)13-17(20)15-9-7-5-4-6-8-10-15/h11-12,14-15H,3-10,13H2,1-2H3. The van der Waals surface area contributed by atoms with Gasteiger partial charge >= 0.3 is 0 Å². The van der Waals surface area contributed by atoms with Gasteiger partial charge in [-0.25, -0.2) is 0 Å². The van der Waals surface area contributed by atoms with Gasteiger partial charge < -0.3 is 0 Å². The highest BCUT2D eigenvalue weighted by Gasteiger charge is 2.20. The van der Waals surface area contributed by atoms with Gasteiger partial charge in [0.2, 0.25) is 0 Å². The lowest BCUT2D eigenvalue weighted by atomic mass is 9.87. The second-order valence-corrected chi connectivity index (χ2v) is 6.23. The zero-order valence-electron chi connectivity index (χ0n) is 13.0. The van der Waals surface area contributed by atoms with E-state index >= 15 is 0 Å². The Bertz CT molecular complexity index is 416. The highest BCUT2D eigenvalue weighted by atomic mass is 16.1. The van der Waals surface area contributed by atoms with Crippen molar-refractivity contribution in [2.75, 3.05) is 0 Å². The van der Waals surface area contributed by atoms with Crippen LogP contribution < -0.4 is 0 Å². The van der Waals surface area contributed by atoms with Gasteiger partial charge in [-0.2, -0.15) is 5.10 Å². The Morgan fingerprint density at radius 2 is 1.95 bits per heavy atom. The summed E-state index contributed by atoms with van der Waals surface area (Å²) in [5.41, 5.74) is 0.942. The number of rotatable bonds is 5. The van der Waals surface area contributed by atoms with Crippen LogP contribution in [0.25, 0.3) is 0 Å². The van der Waals surface area contributed by atoms with Crippen LogP contribution in [-0.2, 0) is 11.2 Å². The molecule has 2 rings (SSSR count). The molecule has 1 aromatic rings. The van der Waals surface area contributed by atoms with Gasteiger partial charge in [0.25, 0.3) is 0 Å². The number of hydrogen-bond acceptors (Lipinski definition) is 2. The largest absolute Gasteiger partial charge is 0.299 e. The zero-order valence-corrected chi connectivity index (χ0v) is 13.0. The number of hydrogen-bond donors (Lipinski definition) is 0. The Hall–Kier alpha value is -1.12. The van der Waals surface area contributed by atoms with Gasteiger partial charge in [-0.1, -0.05) is 39.0 Å². The van der Waals surface area contributed by atoms with Crippen molar-refractivity contribution < 1.29 is 4.79 Å². The van der Waals surface area contributed by atoms with E-state index in [4.69, 9.17) is 0 Å². The third-order valence-corrected chi connectivity index (χ3v) is 4.62. The highest BCUT2D eigenvalue weighted by Crippen LogP contribution is 2.24. The normalized spacial score (nSPS) is 19.3. The van der Waals surface area contributed by atoms with Gasteiger partial charge in [-0.05, 0) is 32.3 Å². The number of nitrogens with zero attached hydrogens (tertiary/aromatic N) is 2. The second kappa shape index (κ2) is 7.61. The summed E-state index contributed by atoms with van der Waals surface area (Å²) in [6.45, 7) is 4.32. The summed E-state index contributed by atoms with van der Waals surface area (Å²) in [5.74, 6) is 0.686. The number of carbonyl (C=O) groups excluding carboxylic acids is 1. The van der Waals surface area contributed by atoms with E-state index in [1.165, 1.54) is 32.1 Å². The van der Waals surface area contributed by atoms with Crippen molar-refractivity contribution in [2.45, 2.75) is 77.7 Å². The predicted octanol–water partition coefficient (Wildman–Crippen LogP) is 4.33. The minimum absolute atomic E-state index is 0.282. The first kappa shape index (κ1) is 15.3. The molecule has 1 heterocycles. The van der Waals surface area contributed by atoms with E-state index in [1.54, 1.807) is 0 Å². The van der Waals surface area contributed by atoms with Crippen LogP contribution in [0.5, 0.6) is 0 Å². The van der Waals surface area contributed by atoms with Crippen molar-refractivity contribution in [2.24, 2.45) is 5.92 Å². The van der Waals surface area contributed by atoms with Crippen LogP contribution in [0.1, 0.15) is 76.9 Å². The van der Waals surface area contributed by atoms with Gasteiger partial charge in [0.15, 0.2) is 0 Å². The Kier molecular flexibility index (Phi) is 5.81. The molecule has 20 heavy (non-hydrogen) atoms. The SMILES string of the molecule is CCC(C)n1ccc(CC(=O)C2CCCCCCC2)n1. The minimum Gasteiger partial charge on any atom is -0.299 e. The van der Waals surface area contributed by atoms with Crippen LogP contribution in [0, 0.1) is 5.92 Å². The maximum Gasteiger partial charge on any atom is 0.141 e. The Morgan fingerprint density at radius 1 is 1.30 bits per heavy atom. The van der Waals surface area contributed by atoms with Crippen molar-refractivity contribution in [1.82, 2.24) is 9.78 Å². The molecule has 0 amide bonds. The molecule has 1 unspecified atom stereocenters. The molecule has 0 N–H and O–H groups in total. The number of carbonyl (C=O) groups is 1. The topological polar surface area (TPSA) is 34.9 Å². The van der Waals surface area contributed by atoms with E-state index in [1.807, 2.05) is 16.9 Å². The molecule has 0 radical (unpaired) electrons. The highest BCUT2D eigenvalue weighted by molar-refractivity contribution is 5.82. The third-order valence-electron chi connectivity index (χ3n) is 4.62. The van der Waals surface area contributed by atoms with Crippen LogP contribution in [0.3, 0.4) is 0 Å². The molecule has 0 bridgehead atoms. The Labute approximate surface area is 122 Å². The summed E-state index contributed by atoms with van der Waals surface area (Å²) in [5, 5.41) is 4.55. The lowest BCUT2D eigenvalue weighted by Crippen LogP contribution is -2.18. The fourth-order valence-corrected chi connectivity index (χ4v) is 3.01. The molecule has 1 aliphatic rings. The average Bonchev–Trinajstić information content (AvgIpc) is 2.85. The molecule has 1 saturated carbocycles. The quantitative estimate of drug-likeness (QED) is 0.802. The molecule has 3 heteroatoms. The van der Waals surface area contributed by atoms with E-state index in [0.29, 0.717) is 18.2 Å². The molecule has 3 nitrogen and oxygen atoms in total. The first-order valence-corrected chi connectivity index (χ1v) is 8.27. The van der Waals surface area contributed by atoms with Crippen LogP contribution >= 0.6 is 0 Å². The first-order chi connectivity index (χ1) is 9.70. The number of ketones is 1. The van der Waals surface area contributed by atoms with E-state index in [-0.39, 0.29) is 5.92 Å². The van der Waals surface area contributed by atoms with Crippen LogP contribution in [0.2, 0.25) is 0 Å². The van der Waals surface area contributed by atoms with Gasteiger partial charge in [-0.3, -0.25) is 9.48 Å². The second-order valence-electron chi connectivity index (χ2n) is 6.23. The maximum atomic E-state index is 12.4.